The molecule has 1 saturated heterocycles. The summed E-state index contributed by atoms with van der Waals surface area (Å²) in [6, 6.07) is 0.680. The van der Waals surface area contributed by atoms with E-state index in [1.807, 2.05) is 4.68 Å². The van der Waals surface area contributed by atoms with E-state index in [1.165, 1.54) is 0 Å². The zero-order valence-corrected chi connectivity index (χ0v) is 12.5. The van der Waals surface area contributed by atoms with Crippen LogP contribution >= 0.6 is 0 Å². The Morgan fingerprint density at radius 3 is 2.84 bits per heavy atom. The van der Waals surface area contributed by atoms with E-state index < -0.39 is 0 Å². The molecular formula is C14H26N4O. The molecule has 0 aliphatic carbocycles. The van der Waals surface area contributed by atoms with Gasteiger partial charge in [-0.2, -0.15) is 5.10 Å². The largest absolute Gasteiger partial charge is 0.374 e. The highest BCUT2D eigenvalue weighted by molar-refractivity contribution is 4.95. The van der Waals surface area contributed by atoms with Crippen LogP contribution in [-0.2, 0) is 11.2 Å². The van der Waals surface area contributed by atoms with Gasteiger partial charge in [0.05, 0.1) is 12.2 Å². The molecule has 1 fully saturated rings. The summed E-state index contributed by atoms with van der Waals surface area (Å²) in [5.41, 5.74) is 0. The molecule has 0 saturated carbocycles. The van der Waals surface area contributed by atoms with Crippen LogP contribution in [0.4, 0.5) is 0 Å². The lowest BCUT2D eigenvalue weighted by Crippen LogP contribution is -2.42. The Morgan fingerprint density at radius 1 is 1.47 bits per heavy atom. The van der Waals surface area contributed by atoms with Gasteiger partial charge in [-0.1, -0.05) is 6.92 Å². The second-order valence-electron chi connectivity index (χ2n) is 5.65. The summed E-state index contributed by atoms with van der Waals surface area (Å²) in [6.07, 6.45) is 5.50. The molecule has 19 heavy (non-hydrogen) atoms. The molecule has 1 aromatic heterocycles. The predicted molar refractivity (Wildman–Crippen MR) is 75.1 cm³/mol. The lowest BCUT2D eigenvalue weighted by Gasteiger charge is -2.24. The summed E-state index contributed by atoms with van der Waals surface area (Å²) >= 11 is 0. The van der Waals surface area contributed by atoms with Crippen molar-refractivity contribution >= 4 is 0 Å². The maximum atomic E-state index is 6.01. The van der Waals surface area contributed by atoms with Gasteiger partial charge in [0.15, 0.2) is 0 Å². The Bertz CT molecular complexity index is 391. The van der Waals surface area contributed by atoms with Crippen LogP contribution in [0.5, 0.6) is 0 Å². The van der Waals surface area contributed by atoms with Crippen molar-refractivity contribution in [1.82, 2.24) is 20.1 Å². The van der Waals surface area contributed by atoms with Crippen molar-refractivity contribution in [3.63, 3.8) is 0 Å². The normalized spacial score (nSPS) is 25.1. The van der Waals surface area contributed by atoms with E-state index >= 15 is 0 Å². The van der Waals surface area contributed by atoms with Crippen molar-refractivity contribution < 1.29 is 4.74 Å². The highest BCUT2D eigenvalue weighted by Gasteiger charge is 2.30. The highest BCUT2D eigenvalue weighted by atomic mass is 16.5. The highest BCUT2D eigenvalue weighted by Crippen LogP contribution is 2.23. The van der Waals surface area contributed by atoms with E-state index in [-0.39, 0.29) is 0 Å². The third kappa shape index (κ3) is 3.54. The number of hydrogen-bond acceptors (Lipinski definition) is 4. The fourth-order valence-electron chi connectivity index (χ4n) is 2.77. The Balaban J connectivity index is 2.05. The summed E-state index contributed by atoms with van der Waals surface area (Å²) in [4.78, 5) is 4.41. The average molecular weight is 266 g/mol. The Labute approximate surface area is 115 Å². The van der Waals surface area contributed by atoms with Crippen LogP contribution in [0.2, 0.25) is 0 Å². The van der Waals surface area contributed by atoms with E-state index in [0.29, 0.717) is 24.3 Å². The zero-order chi connectivity index (χ0) is 13.8. The van der Waals surface area contributed by atoms with Gasteiger partial charge in [0.2, 0.25) is 0 Å². The molecule has 1 N–H and O–H groups in total. The molecule has 2 rings (SSSR count). The second-order valence-corrected chi connectivity index (χ2v) is 5.65. The van der Waals surface area contributed by atoms with Gasteiger partial charge in [-0.05, 0) is 40.2 Å². The maximum absolute atomic E-state index is 6.01. The van der Waals surface area contributed by atoms with Crippen LogP contribution in [0.15, 0.2) is 6.33 Å². The van der Waals surface area contributed by atoms with Gasteiger partial charge in [-0.25, -0.2) is 9.67 Å². The van der Waals surface area contributed by atoms with Gasteiger partial charge in [-0.3, -0.25) is 0 Å². The van der Waals surface area contributed by atoms with Gasteiger partial charge in [0.1, 0.15) is 12.2 Å². The molecule has 1 aromatic rings. The van der Waals surface area contributed by atoms with Crippen LogP contribution < -0.4 is 5.32 Å². The SMILES string of the molecule is CCNC(Cc1ncnn1C(C)C)C1CCC(C)O1. The number of nitrogens with one attached hydrogen (secondary N) is 1. The quantitative estimate of drug-likeness (QED) is 0.855. The molecule has 3 unspecified atom stereocenters. The third-order valence-corrected chi connectivity index (χ3v) is 3.72. The van der Waals surface area contributed by atoms with Crippen molar-refractivity contribution in [3.8, 4) is 0 Å². The fourth-order valence-corrected chi connectivity index (χ4v) is 2.77. The van der Waals surface area contributed by atoms with Gasteiger partial charge in [0, 0.05) is 18.5 Å². The molecule has 0 amide bonds. The summed E-state index contributed by atoms with van der Waals surface area (Å²) in [7, 11) is 0. The molecule has 0 radical (unpaired) electrons. The number of likely N-dealkylation sites (N-methyl/N-ethyl adjacent to an activating group) is 1. The first-order valence-electron chi connectivity index (χ1n) is 7.39. The molecule has 0 aromatic carbocycles. The summed E-state index contributed by atoms with van der Waals surface area (Å²) in [5.74, 6) is 1.05. The predicted octanol–water partition coefficient (Wildman–Crippen LogP) is 1.95. The number of ether oxygens (including phenoxy) is 1. The van der Waals surface area contributed by atoms with Crippen LogP contribution in [-0.4, -0.2) is 39.6 Å². The Hall–Kier alpha value is -0.940. The molecule has 2 heterocycles. The summed E-state index contributed by atoms with van der Waals surface area (Å²) in [6.45, 7) is 9.51. The third-order valence-electron chi connectivity index (χ3n) is 3.72. The van der Waals surface area contributed by atoms with Crippen LogP contribution in [0.25, 0.3) is 0 Å². The average Bonchev–Trinajstić information content (AvgIpc) is 2.97. The molecule has 5 nitrogen and oxygen atoms in total. The zero-order valence-electron chi connectivity index (χ0n) is 12.5. The molecule has 0 spiro atoms. The van der Waals surface area contributed by atoms with Crippen LogP contribution in [0.3, 0.4) is 0 Å². The molecule has 108 valence electrons. The fraction of sp³-hybridized carbons (Fsp3) is 0.857. The second kappa shape index (κ2) is 6.48. The lowest BCUT2D eigenvalue weighted by molar-refractivity contribution is 0.0317. The molecule has 3 atom stereocenters. The van der Waals surface area contributed by atoms with E-state index in [0.717, 1.165) is 31.6 Å². The number of nitrogens with zero attached hydrogens (tertiary/aromatic N) is 3. The molecule has 1 aliphatic heterocycles. The Kier molecular flexibility index (Phi) is 4.93. The van der Waals surface area contributed by atoms with Gasteiger partial charge in [-0.15, -0.1) is 0 Å². The lowest BCUT2D eigenvalue weighted by atomic mass is 10.0. The van der Waals surface area contributed by atoms with E-state index in [4.69, 9.17) is 4.74 Å². The molecule has 0 bridgehead atoms. The standard InChI is InChI=1S/C14H26N4O/c1-5-15-12(13-7-6-11(4)19-13)8-14-16-9-17-18(14)10(2)3/h9-13,15H,5-8H2,1-4H3. The van der Waals surface area contributed by atoms with Gasteiger partial charge < -0.3 is 10.1 Å². The van der Waals surface area contributed by atoms with Crippen molar-refractivity contribution in [3.05, 3.63) is 12.2 Å². The molecular weight excluding hydrogens is 240 g/mol. The molecule has 1 aliphatic rings. The first-order valence-corrected chi connectivity index (χ1v) is 7.39. The van der Waals surface area contributed by atoms with E-state index in [9.17, 15) is 0 Å². The van der Waals surface area contributed by atoms with Crippen LogP contribution in [0, 0.1) is 0 Å². The first-order chi connectivity index (χ1) is 9.11. The van der Waals surface area contributed by atoms with Crippen molar-refractivity contribution in [2.45, 2.75) is 71.2 Å². The minimum Gasteiger partial charge on any atom is -0.374 e. The summed E-state index contributed by atoms with van der Waals surface area (Å²) in [5, 5.41) is 7.85. The number of rotatable bonds is 6. The monoisotopic (exact) mass is 266 g/mol. The topological polar surface area (TPSA) is 52.0 Å². The van der Waals surface area contributed by atoms with Gasteiger partial charge >= 0.3 is 0 Å². The minimum absolute atomic E-state index is 0.298. The van der Waals surface area contributed by atoms with Crippen LogP contribution in [0.1, 0.15) is 52.4 Å². The van der Waals surface area contributed by atoms with Crippen molar-refractivity contribution in [2.75, 3.05) is 6.54 Å². The van der Waals surface area contributed by atoms with E-state index in [1.54, 1.807) is 6.33 Å². The smallest absolute Gasteiger partial charge is 0.138 e. The number of aromatic nitrogens is 3. The minimum atomic E-state index is 0.298. The Morgan fingerprint density at radius 2 is 2.26 bits per heavy atom. The summed E-state index contributed by atoms with van der Waals surface area (Å²) < 4.78 is 8.01. The molecule has 5 heteroatoms. The number of hydrogen-bond donors (Lipinski definition) is 1. The first kappa shape index (κ1) is 14.5. The van der Waals surface area contributed by atoms with Crippen molar-refractivity contribution in [2.24, 2.45) is 0 Å². The maximum Gasteiger partial charge on any atom is 0.138 e. The van der Waals surface area contributed by atoms with Gasteiger partial charge in [0.25, 0.3) is 0 Å². The van der Waals surface area contributed by atoms with Crippen molar-refractivity contribution in [1.29, 1.82) is 0 Å². The van der Waals surface area contributed by atoms with E-state index in [2.05, 4.69) is 43.1 Å².